The lowest BCUT2D eigenvalue weighted by molar-refractivity contribution is 0.378. The van der Waals surface area contributed by atoms with Crippen molar-refractivity contribution in [1.82, 2.24) is 14.7 Å². The Balaban J connectivity index is 2.13. The van der Waals surface area contributed by atoms with E-state index in [-0.39, 0.29) is 6.04 Å². The quantitative estimate of drug-likeness (QED) is 0.792. The van der Waals surface area contributed by atoms with Gasteiger partial charge in [-0.2, -0.15) is 9.64 Å². The number of nitriles is 1. The average molecular weight is 318 g/mol. The highest BCUT2D eigenvalue weighted by atomic mass is 32.2. The molecule has 1 heterocycles. The fraction of sp³-hybridized carbons (Fsp3) is 0.400. The van der Waals surface area contributed by atoms with Gasteiger partial charge in [-0.3, -0.25) is 5.32 Å². The third kappa shape index (κ3) is 4.27. The molecule has 2 rings (SSSR count). The van der Waals surface area contributed by atoms with Crippen LogP contribution in [0.4, 0.5) is 0 Å². The average Bonchev–Trinajstić information content (AvgIpc) is 3.00. The molecule has 1 aromatic carbocycles. The smallest absolute Gasteiger partial charge is 0.169 e. The zero-order valence-corrected chi connectivity index (χ0v) is 13.7. The number of rotatable bonds is 7. The van der Waals surface area contributed by atoms with Crippen molar-refractivity contribution in [3.63, 3.8) is 0 Å². The van der Waals surface area contributed by atoms with Gasteiger partial charge in [0.1, 0.15) is 11.9 Å². The molecule has 0 saturated carbocycles. The number of nitrogens with one attached hydrogen (secondary N) is 1. The van der Waals surface area contributed by atoms with E-state index in [0.29, 0.717) is 0 Å². The van der Waals surface area contributed by atoms with Crippen LogP contribution >= 0.6 is 23.3 Å². The van der Waals surface area contributed by atoms with Gasteiger partial charge in [-0.05, 0) is 37.4 Å². The van der Waals surface area contributed by atoms with E-state index in [1.54, 1.807) is 18.1 Å². The topological polar surface area (TPSA) is 61.6 Å². The summed E-state index contributed by atoms with van der Waals surface area (Å²) in [5, 5.41) is 13.2. The van der Waals surface area contributed by atoms with Crippen molar-refractivity contribution in [2.24, 2.45) is 0 Å². The van der Waals surface area contributed by atoms with Crippen LogP contribution in [0, 0.1) is 11.3 Å². The van der Waals surface area contributed by atoms with E-state index in [2.05, 4.69) is 34.6 Å². The summed E-state index contributed by atoms with van der Waals surface area (Å²) >= 11 is 3.03. The molecule has 1 N–H and O–H groups in total. The molecule has 0 radical (unpaired) electrons. The van der Waals surface area contributed by atoms with Crippen LogP contribution in [0.25, 0.3) is 0 Å². The highest BCUT2D eigenvalue weighted by Crippen LogP contribution is 2.29. The summed E-state index contributed by atoms with van der Waals surface area (Å²) < 4.78 is 4.94. The lowest BCUT2D eigenvalue weighted by Gasteiger charge is -2.30. The molecular formula is C15H18N4S2. The molecule has 1 atom stereocenters. The van der Waals surface area contributed by atoms with E-state index in [9.17, 15) is 5.26 Å². The summed E-state index contributed by atoms with van der Waals surface area (Å²) in [7, 11) is 0. The van der Waals surface area contributed by atoms with Crippen molar-refractivity contribution in [2.45, 2.75) is 36.2 Å². The van der Waals surface area contributed by atoms with Crippen LogP contribution in [0.2, 0.25) is 0 Å². The lowest BCUT2D eigenvalue weighted by atomic mass is 9.88. The van der Waals surface area contributed by atoms with E-state index >= 15 is 0 Å². The Labute approximate surface area is 133 Å². The Bertz CT molecular complexity index is 577. The molecule has 0 aliphatic heterocycles. The maximum Gasteiger partial charge on any atom is 0.169 e. The molecule has 6 heteroatoms. The van der Waals surface area contributed by atoms with Crippen LogP contribution in [-0.4, -0.2) is 21.2 Å². The van der Waals surface area contributed by atoms with Crippen molar-refractivity contribution in [1.29, 1.82) is 5.26 Å². The Morgan fingerprint density at radius 3 is 2.71 bits per heavy atom. The first-order valence-electron chi connectivity index (χ1n) is 6.80. The summed E-state index contributed by atoms with van der Waals surface area (Å²) in [6, 6.07) is 12.7. The van der Waals surface area contributed by atoms with Crippen LogP contribution in [0.1, 0.15) is 25.8 Å². The third-order valence-electron chi connectivity index (χ3n) is 3.04. The maximum absolute atomic E-state index is 9.79. The molecule has 0 bridgehead atoms. The van der Waals surface area contributed by atoms with Crippen LogP contribution in [0.15, 0.2) is 41.0 Å². The van der Waals surface area contributed by atoms with E-state index in [1.807, 2.05) is 30.3 Å². The monoisotopic (exact) mass is 318 g/mol. The summed E-state index contributed by atoms with van der Waals surface area (Å²) in [4.78, 5) is 4.16. The van der Waals surface area contributed by atoms with Crippen molar-refractivity contribution >= 4 is 23.3 Å². The lowest BCUT2D eigenvalue weighted by Crippen LogP contribution is -2.45. The summed E-state index contributed by atoms with van der Waals surface area (Å²) in [5.41, 5.74) is 0.353. The van der Waals surface area contributed by atoms with Gasteiger partial charge in [0.05, 0.1) is 6.07 Å². The Hall–Kier alpha value is -1.42. The molecule has 0 amide bonds. The van der Waals surface area contributed by atoms with Gasteiger partial charge in [0.25, 0.3) is 0 Å². The summed E-state index contributed by atoms with van der Waals surface area (Å²) in [6.07, 6.45) is 2.28. The molecule has 0 saturated heterocycles. The molecule has 110 valence electrons. The standard InChI is InChI=1S/C15H18N4S2/c1-12(2)19-15(10-16,13-6-4-3-5-7-13)8-9-20-14-17-11-18-21-14/h3-7,11-12,19H,8-9H2,1-2H3. The van der Waals surface area contributed by atoms with Crippen LogP contribution < -0.4 is 5.32 Å². The highest BCUT2D eigenvalue weighted by Gasteiger charge is 2.32. The molecule has 2 aromatic rings. The van der Waals surface area contributed by atoms with Gasteiger partial charge >= 0.3 is 0 Å². The minimum atomic E-state index is -0.660. The third-order valence-corrected chi connectivity index (χ3v) is 4.84. The fourth-order valence-electron chi connectivity index (χ4n) is 2.19. The second-order valence-electron chi connectivity index (χ2n) is 4.99. The fourth-order valence-corrected chi connectivity index (χ4v) is 3.76. The first kappa shape index (κ1) is 16.0. The minimum absolute atomic E-state index is 0.233. The normalized spacial score (nSPS) is 13.8. The molecule has 0 aliphatic rings. The number of thioether (sulfide) groups is 1. The number of nitrogens with zero attached hydrogens (tertiary/aromatic N) is 3. The molecule has 0 aliphatic carbocycles. The second-order valence-corrected chi connectivity index (χ2v) is 7.11. The highest BCUT2D eigenvalue weighted by molar-refractivity contribution is 8.00. The molecule has 4 nitrogen and oxygen atoms in total. The molecule has 1 aromatic heterocycles. The molecular weight excluding hydrogens is 300 g/mol. The predicted octanol–water partition coefficient (Wildman–Crippen LogP) is 3.44. The molecule has 1 unspecified atom stereocenters. The summed E-state index contributed by atoms with van der Waals surface area (Å²) in [5.74, 6) is 0.817. The largest absolute Gasteiger partial charge is 0.293 e. The SMILES string of the molecule is CC(C)NC(C#N)(CCSc1ncns1)c1ccccc1. The Morgan fingerprint density at radius 1 is 1.38 bits per heavy atom. The van der Waals surface area contributed by atoms with Gasteiger partial charge in [0, 0.05) is 11.8 Å². The van der Waals surface area contributed by atoms with Crippen LogP contribution in [-0.2, 0) is 5.54 Å². The first-order chi connectivity index (χ1) is 10.2. The predicted molar refractivity (Wildman–Crippen MR) is 87.3 cm³/mol. The van der Waals surface area contributed by atoms with Gasteiger partial charge in [-0.25, -0.2) is 4.98 Å². The van der Waals surface area contributed by atoms with Gasteiger partial charge in [-0.1, -0.05) is 42.1 Å². The van der Waals surface area contributed by atoms with Crippen LogP contribution in [0.5, 0.6) is 0 Å². The van der Waals surface area contributed by atoms with E-state index in [0.717, 1.165) is 22.1 Å². The van der Waals surface area contributed by atoms with Gasteiger partial charge in [0.2, 0.25) is 0 Å². The van der Waals surface area contributed by atoms with E-state index < -0.39 is 5.54 Å². The van der Waals surface area contributed by atoms with Gasteiger partial charge in [0.15, 0.2) is 4.34 Å². The number of hydrogen-bond acceptors (Lipinski definition) is 6. The Kier molecular flexibility index (Phi) is 5.74. The van der Waals surface area contributed by atoms with E-state index in [1.165, 1.54) is 11.5 Å². The van der Waals surface area contributed by atoms with Crippen molar-refractivity contribution < 1.29 is 0 Å². The van der Waals surface area contributed by atoms with Crippen molar-refractivity contribution in [3.05, 3.63) is 42.2 Å². The Morgan fingerprint density at radius 2 is 2.14 bits per heavy atom. The second kappa shape index (κ2) is 7.55. The minimum Gasteiger partial charge on any atom is -0.293 e. The van der Waals surface area contributed by atoms with Gasteiger partial charge < -0.3 is 0 Å². The molecule has 0 fully saturated rings. The zero-order chi connectivity index (χ0) is 15.1. The number of hydrogen-bond donors (Lipinski definition) is 1. The summed E-state index contributed by atoms with van der Waals surface area (Å²) in [6.45, 7) is 4.12. The van der Waals surface area contributed by atoms with E-state index in [4.69, 9.17) is 0 Å². The first-order valence-corrected chi connectivity index (χ1v) is 8.56. The number of aromatic nitrogens is 2. The van der Waals surface area contributed by atoms with Crippen molar-refractivity contribution in [3.8, 4) is 6.07 Å². The van der Waals surface area contributed by atoms with Crippen molar-refractivity contribution in [2.75, 3.05) is 5.75 Å². The van der Waals surface area contributed by atoms with Crippen LogP contribution in [0.3, 0.4) is 0 Å². The maximum atomic E-state index is 9.79. The molecule has 21 heavy (non-hydrogen) atoms. The number of benzene rings is 1. The molecule has 0 spiro atoms. The zero-order valence-electron chi connectivity index (χ0n) is 12.1. The van der Waals surface area contributed by atoms with Gasteiger partial charge in [-0.15, -0.1) is 0 Å².